The second-order valence-corrected chi connectivity index (χ2v) is 3.11. The van der Waals surface area contributed by atoms with Crippen molar-refractivity contribution in [2.24, 2.45) is 5.73 Å². The van der Waals surface area contributed by atoms with E-state index >= 15 is 0 Å². The molecule has 0 radical (unpaired) electrons. The Hall–Kier alpha value is -1.36. The van der Waals surface area contributed by atoms with Crippen LogP contribution in [0.3, 0.4) is 0 Å². The minimum atomic E-state index is -0.502. The molecular formula is C7H9N3O2. The zero-order valence-electron chi connectivity index (χ0n) is 6.37. The van der Waals surface area contributed by atoms with E-state index in [-0.39, 0.29) is 11.4 Å². The summed E-state index contributed by atoms with van der Waals surface area (Å²) < 4.78 is 0. The van der Waals surface area contributed by atoms with E-state index in [9.17, 15) is 4.79 Å². The van der Waals surface area contributed by atoms with Crippen molar-refractivity contribution in [2.75, 3.05) is 0 Å². The molecule has 1 heterocycles. The molecule has 1 aliphatic carbocycles. The Balaban J connectivity index is 2.51. The van der Waals surface area contributed by atoms with Crippen LogP contribution in [-0.4, -0.2) is 15.1 Å². The molecule has 0 aromatic carbocycles. The maximum Gasteiger partial charge on any atom is 0.254 e. The molecule has 0 saturated heterocycles. The molecule has 1 aliphatic rings. The monoisotopic (exact) mass is 167 g/mol. The zero-order valence-corrected chi connectivity index (χ0v) is 6.37. The van der Waals surface area contributed by atoms with Crippen molar-refractivity contribution in [3.63, 3.8) is 0 Å². The van der Waals surface area contributed by atoms with Gasteiger partial charge in [-0.1, -0.05) is 0 Å². The molecule has 2 rings (SSSR count). The van der Waals surface area contributed by atoms with Crippen molar-refractivity contribution in [2.45, 2.75) is 18.4 Å². The molecule has 5 nitrogen and oxygen atoms in total. The van der Waals surface area contributed by atoms with Crippen molar-refractivity contribution in [1.82, 2.24) is 9.97 Å². The SMILES string of the molecule is NC1(c2nc(O)cc(=O)[nH]2)CC1. The van der Waals surface area contributed by atoms with Crippen LogP contribution in [0.2, 0.25) is 0 Å². The van der Waals surface area contributed by atoms with Crippen molar-refractivity contribution < 1.29 is 5.11 Å². The highest BCUT2D eigenvalue weighted by atomic mass is 16.3. The average Bonchev–Trinajstić information content (AvgIpc) is 2.67. The van der Waals surface area contributed by atoms with E-state index in [1.54, 1.807) is 0 Å². The average molecular weight is 167 g/mol. The molecule has 12 heavy (non-hydrogen) atoms. The number of rotatable bonds is 1. The minimum Gasteiger partial charge on any atom is -0.493 e. The van der Waals surface area contributed by atoms with Crippen LogP contribution in [0.5, 0.6) is 5.88 Å². The molecule has 0 aliphatic heterocycles. The van der Waals surface area contributed by atoms with Gasteiger partial charge in [-0.25, -0.2) is 0 Å². The predicted molar refractivity (Wildman–Crippen MR) is 41.6 cm³/mol. The number of aromatic nitrogens is 2. The number of nitrogens with two attached hydrogens (primary N) is 1. The van der Waals surface area contributed by atoms with Crippen LogP contribution in [0.25, 0.3) is 0 Å². The lowest BCUT2D eigenvalue weighted by atomic mass is 10.3. The smallest absolute Gasteiger partial charge is 0.254 e. The second kappa shape index (κ2) is 2.07. The van der Waals surface area contributed by atoms with Crippen LogP contribution in [0, 0.1) is 0 Å². The topological polar surface area (TPSA) is 92.0 Å². The number of nitrogens with zero attached hydrogens (tertiary/aromatic N) is 1. The van der Waals surface area contributed by atoms with Crippen LogP contribution in [-0.2, 0) is 5.54 Å². The fourth-order valence-electron chi connectivity index (χ4n) is 1.05. The Bertz CT molecular complexity index is 367. The van der Waals surface area contributed by atoms with Gasteiger partial charge in [0, 0.05) is 0 Å². The number of H-pyrrole nitrogens is 1. The van der Waals surface area contributed by atoms with E-state index < -0.39 is 5.54 Å². The third kappa shape index (κ3) is 1.08. The van der Waals surface area contributed by atoms with E-state index in [1.807, 2.05) is 0 Å². The molecule has 0 atom stereocenters. The summed E-state index contributed by atoms with van der Waals surface area (Å²) in [6, 6.07) is 1.02. The summed E-state index contributed by atoms with van der Waals surface area (Å²) in [5.74, 6) is 0.109. The first kappa shape index (κ1) is 7.30. The van der Waals surface area contributed by atoms with Gasteiger partial charge < -0.3 is 15.8 Å². The van der Waals surface area contributed by atoms with Crippen LogP contribution in [0.4, 0.5) is 0 Å². The molecule has 1 fully saturated rings. The Morgan fingerprint density at radius 3 is 2.83 bits per heavy atom. The maximum atomic E-state index is 10.9. The lowest BCUT2D eigenvalue weighted by Crippen LogP contribution is -2.25. The van der Waals surface area contributed by atoms with Gasteiger partial charge in [-0.2, -0.15) is 4.98 Å². The summed E-state index contributed by atoms with van der Waals surface area (Å²) in [4.78, 5) is 17.1. The van der Waals surface area contributed by atoms with Crippen LogP contribution >= 0.6 is 0 Å². The van der Waals surface area contributed by atoms with Crippen LogP contribution < -0.4 is 11.3 Å². The number of hydrogen-bond acceptors (Lipinski definition) is 4. The van der Waals surface area contributed by atoms with Crippen molar-refractivity contribution >= 4 is 0 Å². The maximum absolute atomic E-state index is 10.9. The Morgan fingerprint density at radius 1 is 1.67 bits per heavy atom. The Morgan fingerprint density at radius 2 is 2.33 bits per heavy atom. The van der Waals surface area contributed by atoms with Gasteiger partial charge in [0.25, 0.3) is 5.56 Å². The number of nitrogens with one attached hydrogen (secondary N) is 1. The quantitative estimate of drug-likeness (QED) is 0.522. The molecule has 64 valence electrons. The highest BCUT2D eigenvalue weighted by molar-refractivity contribution is 5.18. The standard InChI is InChI=1S/C7H9N3O2/c8-7(1-2-7)6-9-4(11)3-5(12)10-6/h3H,1-2,8H2,(H2,9,10,11,12). The van der Waals surface area contributed by atoms with Gasteiger partial charge in [0.05, 0.1) is 11.6 Å². The Kier molecular flexibility index (Phi) is 1.26. The first-order valence-corrected chi connectivity index (χ1v) is 3.70. The fourth-order valence-corrected chi connectivity index (χ4v) is 1.05. The van der Waals surface area contributed by atoms with E-state index in [0.29, 0.717) is 5.82 Å². The van der Waals surface area contributed by atoms with Crippen LogP contribution in [0.1, 0.15) is 18.7 Å². The van der Waals surface area contributed by atoms with E-state index in [4.69, 9.17) is 10.8 Å². The first-order chi connectivity index (χ1) is 5.60. The highest BCUT2D eigenvalue weighted by Crippen LogP contribution is 2.40. The third-order valence-electron chi connectivity index (χ3n) is 1.99. The number of aromatic hydroxyl groups is 1. The lowest BCUT2D eigenvalue weighted by molar-refractivity contribution is 0.443. The van der Waals surface area contributed by atoms with Crippen molar-refractivity contribution in [3.05, 3.63) is 22.2 Å². The summed E-state index contributed by atoms with van der Waals surface area (Å²) in [5, 5.41) is 9.00. The Labute approximate surface area is 68.3 Å². The normalized spacial score (nSPS) is 19.1. The molecule has 0 amide bonds. The van der Waals surface area contributed by atoms with Crippen molar-refractivity contribution in [1.29, 1.82) is 0 Å². The highest BCUT2D eigenvalue weighted by Gasteiger charge is 2.42. The van der Waals surface area contributed by atoms with Gasteiger partial charge in [0.15, 0.2) is 0 Å². The van der Waals surface area contributed by atoms with Gasteiger partial charge in [0.1, 0.15) is 5.82 Å². The van der Waals surface area contributed by atoms with E-state index in [2.05, 4.69) is 9.97 Å². The number of hydrogen-bond donors (Lipinski definition) is 3. The van der Waals surface area contributed by atoms with Gasteiger partial charge in [-0.15, -0.1) is 0 Å². The summed E-state index contributed by atoms with van der Waals surface area (Å²) in [7, 11) is 0. The molecule has 0 bridgehead atoms. The molecule has 4 N–H and O–H groups in total. The third-order valence-corrected chi connectivity index (χ3v) is 1.99. The van der Waals surface area contributed by atoms with Gasteiger partial charge >= 0.3 is 0 Å². The summed E-state index contributed by atoms with van der Waals surface area (Å²) in [6.45, 7) is 0. The summed E-state index contributed by atoms with van der Waals surface area (Å²) >= 11 is 0. The second-order valence-electron chi connectivity index (χ2n) is 3.11. The molecule has 1 saturated carbocycles. The molecule has 5 heteroatoms. The van der Waals surface area contributed by atoms with E-state index in [1.165, 1.54) is 0 Å². The summed E-state index contributed by atoms with van der Waals surface area (Å²) in [5.41, 5.74) is 4.89. The van der Waals surface area contributed by atoms with Crippen LogP contribution in [0.15, 0.2) is 10.9 Å². The minimum absolute atomic E-state index is 0.273. The summed E-state index contributed by atoms with van der Waals surface area (Å²) in [6.07, 6.45) is 1.61. The molecule has 1 aromatic heterocycles. The first-order valence-electron chi connectivity index (χ1n) is 3.70. The molecular weight excluding hydrogens is 158 g/mol. The molecule has 0 spiro atoms. The van der Waals surface area contributed by atoms with Gasteiger partial charge in [-0.05, 0) is 12.8 Å². The van der Waals surface area contributed by atoms with E-state index in [0.717, 1.165) is 18.9 Å². The fraction of sp³-hybridized carbons (Fsp3) is 0.429. The van der Waals surface area contributed by atoms with Gasteiger partial charge in [0.2, 0.25) is 5.88 Å². The molecule has 0 unspecified atom stereocenters. The zero-order chi connectivity index (χ0) is 8.77. The van der Waals surface area contributed by atoms with Crippen molar-refractivity contribution in [3.8, 4) is 5.88 Å². The van der Waals surface area contributed by atoms with Gasteiger partial charge in [-0.3, -0.25) is 4.79 Å². The molecule has 1 aromatic rings. The lowest BCUT2D eigenvalue weighted by Gasteiger charge is -2.06. The predicted octanol–water partition coefficient (Wildman–Crippen LogP) is -0.577. The number of aromatic amines is 1. The largest absolute Gasteiger partial charge is 0.493 e.